The van der Waals surface area contributed by atoms with Gasteiger partial charge < -0.3 is 9.88 Å². The van der Waals surface area contributed by atoms with Gasteiger partial charge in [0.15, 0.2) is 0 Å². The summed E-state index contributed by atoms with van der Waals surface area (Å²) >= 11 is 0. The zero-order valence-corrected chi connectivity index (χ0v) is 11.1. The SMILES string of the molecule is CC(C)NCc1ccn(CCc2ccccn2)c1. The molecule has 0 fully saturated rings. The van der Waals surface area contributed by atoms with Crippen LogP contribution in [0, 0.1) is 0 Å². The van der Waals surface area contributed by atoms with Gasteiger partial charge in [-0.1, -0.05) is 19.9 Å². The highest BCUT2D eigenvalue weighted by Gasteiger charge is 1.99. The number of aryl methyl sites for hydroxylation is 2. The molecule has 18 heavy (non-hydrogen) atoms. The lowest BCUT2D eigenvalue weighted by atomic mass is 10.3. The van der Waals surface area contributed by atoms with Crippen molar-refractivity contribution in [2.75, 3.05) is 0 Å². The minimum atomic E-state index is 0.530. The Balaban J connectivity index is 1.83. The molecule has 96 valence electrons. The van der Waals surface area contributed by atoms with Gasteiger partial charge in [0.05, 0.1) is 0 Å². The molecule has 0 aromatic carbocycles. The van der Waals surface area contributed by atoms with Crippen molar-refractivity contribution in [1.29, 1.82) is 0 Å². The third-order valence-electron chi connectivity index (χ3n) is 2.88. The van der Waals surface area contributed by atoms with Crippen molar-refractivity contribution < 1.29 is 0 Å². The van der Waals surface area contributed by atoms with E-state index in [4.69, 9.17) is 0 Å². The summed E-state index contributed by atoms with van der Waals surface area (Å²) in [5.74, 6) is 0. The van der Waals surface area contributed by atoms with Crippen molar-refractivity contribution in [3.05, 3.63) is 54.1 Å². The highest BCUT2D eigenvalue weighted by molar-refractivity contribution is 5.10. The second-order valence-corrected chi connectivity index (χ2v) is 4.86. The van der Waals surface area contributed by atoms with E-state index in [2.05, 4.69) is 53.2 Å². The van der Waals surface area contributed by atoms with Gasteiger partial charge in [-0.25, -0.2) is 0 Å². The van der Waals surface area contributed by atoms with E-state index in [9.17, 15) is 0 Å². The van der Waals surface area contributed by atoms with E-state index in [1.54, 1.807) is 0 Å². The first-order chi connectivity index (χ1) is 8.74. The molecule has 0 saturated carbocycles. The van der Waals surface area contributed by atoms with E-state index >= 15 is 0 Å². The smallest absolute Gasteiger partial charge is 0.0421 e. The van der Waals surface area contributed by atoms with Crippen LogP contribution in [0.4, 0.5) is 0 Å². The molecule has 1 N–H and O–H groups in total. The van der Waals surface area contributed by atoms with Crippen LogP contribution in [0.3, 0.4) is 0 Å². The number of pyridine rings is 1. The standard InChI is InChI=1S/C15H21N3/c1-13(2)17-11-14-6-9-18(12-14)10-7-15-5-3-4-8-16-15/h3-6,8-9,12-13,17H,7,10-11H2,1-2H3. The highest BCUT2D eigenvalue weighted by atomic mass is 15.0. The van der Waals surface area contributed by atoms with Crippen molar-refractivity contribution in [2.24, 2.45) is 0 Å². The van der Waals surface area contributed by atoms with Gasteiger partial charge >= 0.3 is 0 Å². The number of nitrogens with zero attached hydrogens (tertiary/aromatic N) is 2. The number of aromatic nitrogens is 2. The van der Waals surface area contributed by atoms with Crippen LogP contribution in [0.15, 0.2) is 42.9 Å². The predicted octanol–water partition coefficient (Wildman–Crippen LogP) is 2.62. The number of hydrogen-bond acceptors (Lipinski definition) is 2. The third-order valence-corrected chi connectivity index (χ3v) is 2.88. The Morgan fingerprint density at radius 3 is 2.89 bits per heavy atom. The topological polar surface area (TPSA) is 29.9 Å². The molecule has 3 heteroatoms. The maximum absolute atomic E-state index is 4.33. The lowest BCUT2D eigenvalue weighted by Crippen LogP contribution is -2.21. The first-order valence-electron chi connectivity index (χ1n) is 6.52. The molecule has 2 rings (SSSR count). The normalized spacial score (nSPS) is 11.1. The van der Waals surface area contributed by atoms with Gasteiger partial charge in [-0.15, -0.1) is 0 Å². The largest absolute Gasteiger partial charge is 0.354 e. The summed E-state index contributed by atoms with van der Waals surface area (Å²) < 4.78 is 2.23. The molecule has 3 nitrogen and oxygen atoms in total. The second-order valence-electron chi connectivity index (χ2n) is 4.86. The lowest BCUT2D eigenvalue weighted by Gasteiger charge is -2.06. The number of hydrogen-bond donors (Lipinski definition) is 1. The zero-order chi connectivity index (χ0) is 12.8. The third kappa shape index (κ3) is 4.00. The van der Waals surface area contributed by atoms with Crippen LogP contribution >= 0.6 is 0 Å². The summed E-state index contributed by atoms with van der Waals surface area (Å²) in [4.78, 5) is 4.33. The van der Waals surface area contributed by atoms with Gasteiger partial charge in [-0.3, -0.25) is 4.98 Å². The minimum Gasteiger partial charge on any atom is -0.354 e. The lowest BCUT2D eigenvalue weighted by molar-refractivity contribution is 0.587. The first kappa shape index (κ1) is 12.8. The summed E-state index contributed by atoms with van der Waals surface area (Å²) in [5.41, 5.74) is 2.48. The molecular weight excluding hydrogens is 222 g/mol. The van der Waals surface area contributed by atoms with Gasteiger partial charge in [0.2, 0.25) is 0 Å². The summed E-state index contributed by atoms with van der Waals surface area (Å²) in [5, 5.41) is 3.42. The molecule has 0 aliphatic rings. The zero-order valence-electron chi connectivity index (χ0n) is 11.1. The first-order valence-corrected chi connectivity index (χ1v) is 6.52. The van der Waals surface area contributed by atoms with E-state index in [-0.39, 0.29) is 0 Å². The summed E-state index contributed by atoms with van der Waals surface area (Å²) in [7, 11) is 0. The molecule has 2 heterocycles. The van der Waals surface area contributed by atoms with Crippen LogP contribution < -0.4 is 5.32 Å². The molecule has 0 aliphatic heterocycles. The van der Waals surface area contributed by atoms with Crippen LogP contribution in [0.25, 0.3) is 0 Å². The Hall–Kier alpha value is -1.61. The molecular formula is C15H21N3. The molecule has 0 amide bonds. The molecule has 0 bridgehead atoms. The van der Waals surface area contributed by atoms with Crippen LogP contribution in [0.5, 0.6) is 0 Å². The maximum Gasteiger partial charge on any atom is 0.0421 e. The van der Waals surface area contributed by atoms with Crippen molar-refractivity contribution in [2.45, 2.75) is 39.4 Å². The fraction of sp³-hybridized carbons (Fsp3) is 0.400. The molecule has 0 radical (unpaired) electrons. The second kappa shape index (κ2) is 6.36. The van der Waals surface area contributed by atoms with E-state index in [0.29, 0.717) is 6.04 Å². The Labute approximate surface area is 109 Å². The van der Waals surface area contributed by atoms with Gasteiger partial charge in [-0.05, 0) is 23.8 Å². The van der Waals surface area contributed by atoms with Gasteiger partial charge in [0.25, 0.3) is 0 Å². The number of nitrogens with one attached hydrogen (secondary N) is 1. The Morgan fingerprint density at radius 1 is 1.28 bits per heavy atom. The fourth-order valence-corrected chi connectivity index (χ4v) is 1.85. The van der Waals surface area contributed by atoms with Crippen LogP contribution in [0.2, 0.25) is 0 Å². The van der Waals surface area contributed by atoms with Gasteiger partial charge in [0.1, 0.15) is 0 Å². The molecule has 2 aromatic rings. The molecule has 0 aliphatic carbocycles. The Kier molecular flexibility index (Phi) is 4.53. The van der Waals surface area contributed by atoms with Crippen molar-refractivity contribution in [1.82, 2.24) is 14.9 Å². The average Bonchev–Trinajstić information content (AvgIpc) is 2.83. The Bertz CT molecular complexity index is 460. The maximum atomic E-state index is 4.33. The molecule has 0 saturated heterocycles. The highest BCUT2D eigenvalue weighted by Crippen LogP contribution is 2.04. The predicted molar refractivity (Wildman–Crippen MR) is 74.3 cm³/mol. The quantitative estimate of drug-likeness (QED) is 0.845. The summed E-state index contributed by atoms with van der Waals surface area (Å²) in [6.07, 6.45) is 7.17. The summed E-state index contributed by atoms with van der Waals surface area (Å²) in [6.45, 7) is 6.25. The minimum absolute atomic E-state index is 0.530. The van der Waals surface area contributed by atoms with E-state index in [0.717, 1.165) is 25.2 Å². The van der Waals surface area contributed by atoms with Crippen LogP contribution in [-0.2, 0) is 19.5 Å². The Morgan fingerprint density at radius 2 is 2.17 bits per heavy atom. The van der Waals surface area contributed by atoms with Gasteiger partial charge in [0, 0.05) is 49.8 Å². The molecule has 0 spiro atoms. The monoisotopic (exact) mass is 243 g/mol. The van der Waals surface area contributed by atoms with Crippen molar-refractivity contribution in [3.63, 3.8) is 0 Å². The van der Waals surface area contributed by atoms with Crippen molar-refractivity contribution >= 4 is 0 Å². The molecule has 0 atom stereocenters. The fourth-order valence-electron chi connectivity index (χ4n) is 1.85. The van der Waals surface area contributed by atoms with Crippen LogP contribution in [0.1, 0.15) is 25.1 Å². The van der Waals surface area contributed by atoms with Crippen molar-refractivity contribution in [3.8, 4) is 0 Å². The average molecular weight is 243 g/mol. The van der Waals surface area contributed by atoms with E-state index in [1.165, 1.54) is 5.56 Å². The molecule has 0 unspecified atom stereocenters. The van der Waals surface area contributed by atoms with Crippen LogP contribution in [-0.4, -0.2) is 15.6 Å². The summed E-state index contributed by atoms with van der Waals surface area (Å²) in [6, 6.07) is 8.77. The number of rotatable bonds is 6. The molecule has 2 aromatic heterocycles. The van der Waals surface area contributed by atoms with E-state index < -0.39 is 0 Å². The van der Waals surface area contributed by atoms with Gasteiger partial charge in [-0.2, -0.15) is 0 Å². The van der Waals surface area contributed by atoms with E-state index in [1.807, 2.05) is 18.3 Å².